The second-order valence-electron chi connectivity index (χ2n) is 6.26. The first-order valence-corrected chi connectivity index (χ1v) is 8.09. The monoisotopic (exact) mass is 287 g/mol. The Hall–Kier alpha value is -1.55. The standard InChI is InChI=1S/C17H25N3O/c18-15-6-10-19(11-7-15)16-5-3-4-14(12-16)13-17(21)20-8-1-2-9-20/h3-5,12,15H,1-2,6-11,13,18H2. The summed E-state index contributed by atoms with van der Waals surface area (Å²) in [6.07, 6.45) is 4.94. The maximum absolute atomic E-state index is 12.2. The van der Waals surface area contributed by atoms with Crippen LogP contribution in [0.1, 0.15) is 31.2 Å². The van der Waals surface area contributed by atoms with Crippen molar-refractivity contribution in [2.75, 3.05) is 31.1 Å². The zero-order chi connectivity index (χ0) is 14.7. The lowest BCUT2D eigenvalue weighted by Crippen LogP contribution is -2.39. The third-order valence-electron chi connectivity index (χ3n) is 4.63. The van der Waals surface area contributed by atoms with Crippen LogP contribution in [0.15, 0.2) is 24.3 Å². The van der Waals surface area contributed by atoms with Gasteiger partial charge in [0, 0.05) is 37.9 Å². The van der Waals surface area contributed by atoms with Gasteiger partial charge in [0.2, 0.25) is 5.91 Å². The molecule has 0 aliphatic carbocycles. The van der Waals surface area contributed by atoms with Crippen molar-refractivity contribution in [1.29, 1.82) is 0 Å². The van der Waals surface area contributed by atoms with Gasteiger partial charge in [-0.2, -0.15) is 0 Å². The van der Waals surface area contributed by atoms with Crippen molar-refractivity contribution in [3.8, 4) is 0 Å². The fraction of sp³-hybridized carbons (Fsp3) is 0.588. The van der Waals surface area contributed by atoms with Crippen LogP contribution in [0.3, 0.4) is 0 Å². The SMILES string of the molecule is NC1CCN(c2cccc(CC(=O)N3CCCC3)c2)CC1. The molecule has 21 heavy (non-hydrogen) atoms. The minimum atomic E-state index is 0.269. The molecule has 0 spiro atoms. The molecule has 2 saturated heterocycles. The number of likely N-dealkylation sites (tertiary alicyclic amines) is 1. The van der Waals surface area contributed by atoms with Crippen LogP contribution in [0.4, 0.5) is 5.69 Å². The van der Waals surface area contributed by atoms with Gasteiger partial charge in [0.25, 0.3) is 0 Å². The molecule has 0 unspecified atom stereocenters. The number of nitrogens with zero attached hydrogens (tertiary/aromatic N) is 2. The van der Waals surface area contributed by atoms with E-state index in [0.29, 0.717) is 12.5 Å². The maximum Gasteiger partial charge on any atom is 0.226 e. The largest absolute Gasteiger partial charge is 0.371 e. The Bertz CT molecular complexity index is 489. The molecule has 3 rings (SSSR count). The zero-order valence-corrected chi connectivity index (χ0v) is 12.6. The van der Waals surface area contributed by atoms with Gasteiger partial charge in [-0.1, -0.05) is 12.1 Å². The molecule has 0 radical (unpaired) electrons. The Balaban J connectivity index is 1.64. The predicted molar refractivity (Wildman–Crippen MR) is 85.4 cm³/mol. The maximum atomic E-state index is 12.2. The fourth-order valence-electron chi connectivity index (χ4n) is 3.27. The smallest absolute Gasteiger partial charge is 0.226 e. The third-order valence-corrected chi connectivity index (χ3v) is 4.63. The average molecular weight is 287 g/mol. The molecule has 2 heterocycles. The van der Waals surface area contributed by atoms with E-state index >= 15 is 0 Å². The Kier molecular flexibility index (Phi) is 4.44. The number of piperidine rings is 1. The Morgan fingerprint density at radius 1 is 1.14 bits per heavy atom. The number of anilines is 1. The zero-order valence-electron chi connectivity index (χ0n) is 12.6. The van der Waals surface area contributed by atoms with Crippen LogP contribution >= 0.6 is 0 Å². The van der Waals surface area contributed by atoms with Crippen molar-refractivity contribution >= 4 is 11.6 Å². The third kappa shape index (κ3) is 3.56. The topological polar surface area (TPSA) is 49.6 Å². The second-order valence-corrected chi connectivity index (χ2v) is 6.26. The van der Waals surface area contributed by atoms with Gasteiger partial charge in [-0.25, -0.2) is 0 Å². The Labute approximate surface area is 126 Å². The minimum Gasteiger partial charge on any atom is -0.371 e. The summed E-state index contributed by atoms with van der Waals surface area (Å²) in [4.78, 5) is 16.6. The molecule has 1 aromatic rings. The van der Waals surface area contributed by atoms with Crippen LogP contribution in [0.2, 0.25) is 0 Å². The van der Waals surface area contributed by atoms with E-state index in [0.717, 1.165) is 57.4 Å². The highest BCUT2D eigenvalue weighted by atomic mass is 16.2. The molecular weight excluding hydrogens is 262 g/mol. The van der Waals surface area contributed by atoms with Gasteiger partial charge in [-0.05, 0) is 43.4 Å². The van der Waals surface area contributed by atoms with E-state index in [1.807, 2.05) is 4.90 Å². The summed E-state index contributed by atoms with van der Waals surface area (Å²) < 4.78 is 0. The highest BCUT2D eigenvalue weighted by Gasteiger charge is 2.19. The van der Waals surface area contributed by atoms with E-state index in [1.165, 1.54) is 5.69 Å². The van der Waals surface area contributed by atoms with Crippen LogP contribution < -0.4 is 10.6 Å². The highest BCUT2D eigenvalue weighted by Crippen LogP contribution is 2.21. The summed E-state index contributed by atoms with van der Waals surface area (Å²) in [5.41, 5.74) is 8.32. The molecular formula is C17H25N3O. The molecule has 2 N–H and O–H groups in total. The predicted octanol–water partition coefficient (Wildman–Crippen LogP) is 1.78. The number of benzene rings is 1. The summed E-state index contributed by atoms with van der Waals surface area (Å²) in [5, 5.41) is 0. The summed E-state index contributed by atoms with van der Waals surface area (Å²) in [6.45, 7) is 3.90. The van der Waals surface area contributed by atoms with Crippen molar-refractivity contribution in [2.24, 2.45) is 5.73 Å². The minimum absolute atomic E-state index is 0.269. The van der Waals surface area contributed by atoms with E-state index < -0.39 is 0 Å². The summed E-state index contributed by atoms with van der Waals surface area (Å²) in [7, 11) is 0. The van der Waals surface area contributed by atoms with Crippen molar-refractivity contribution in [3.05, 3.63) is 29.8 Å². The molecule has 2 fully saturated rings. The Morgan fingerprint density at radius 3 is 2.57 bits per heavy atom. The quantitative estimate of drug-likeness (QED) is 0.922. The molecule has 1 amide bonds. The van der Waals surface area contributed by atoms with Gasteiger partial charge >= 0.3 is 0 Å². The van der Waals surface area contributed by atoms with Gasteiger partial charge in [0.05, 0.1) is 6.42 Å². The number of carbonyl (C=O) groups is 1. The molecule has 4 nitrogen and oxygen atoms in total. The molecule has 2 aliphatic rings. The van der Waals surface area contributed by atoms with Crippen LogP contribution in [0.5, 0.6) is 0 Å². The number of carbonyl (C=O) groups excluding carboxylic acids is 1. The summed E-state index contributed by atoms with van der Waals surface area (Å²) in [5.74, 6) is 0.269. The lowest BCUT2D eigenvalue weighted by atomic mass is 10.0. The summed E-state index contributed by atoms with van der Waals surface area (Å²) in [6, 6.07) is 8.79. The van der Waals surface area contributed by atoms with Crippen molar-refractivity contribution < 1.29 is 4.79 Å². The van der Waals surface area contributed by atoms with Gasteiger partial charge in [0.1, 0.15) is 0 Å². The molecule has 0 saturated carbocycles. The van der Waals surface area contributed by atoms with Crippen LogP contribution in [0.25, 0.3) is 0 Å². The van der Waals surface area contributed by atoms with Crippen LogP contribution in [-0.2, 0) is 11.2 Å². The molecule has 2 aliphatic heterocycles. The van der Waals surface area contributed by atoms with Crippen molar-refractivity contribution in [2.45, 2.75) is 38.1 Å². The first-order chi connectivity index (χ1) is 10.2. The lowest BCUT2D eigenvalue weighted by Gasteiger charge is -2.32. The fourth-order valence-corrected chi connectivity index (χ4v) is 3.27. The normalized spacial score (nSPS) is 20.0. The van der Waals surface area contributed by atoms with Crippen molar-refractivity contribution in [1.82, 2.24) is 4.90 Å². The molecule has 4 heteroatoms. The van der Waals surface area contributed by atoms with Crippen LogP contribution in [0, 0.1) is 0 Å². The van der Waals surface area contributed by atoms with Crippen LogP contribution in [-0.4, -0.2) is 43.0 Å². The number of rotatable bonds is 3. The first-order valence-electron chi connectivity index (χ1n) is 8.09. The van der Waals surface area contributed by atoms with E-state index in [1.54, 1.807) is 0 Å². The first kappa shape index (κ1) is 14.4. The molecule has 0 bridgehead atoms. The number of hydrogen-bond acceptors (Lipinski definition) is 3. The number of nitrogens with two attached hydrogens (primary N) is 1. The van der Waals surface area contributed by atoms with Crippen molar-refractivity contribution in [3.63, 3.8) is 0 Å². The summed E-state index contributed by atoms with van der Waals surface area (Å²) >= 11 is 0. The van der Waals surface area contributed by atoms with Gasteiger partial charge in [-0.3, -0.25) is 4.79 Å². The molecule has 0 atom stereocenters. The number of hydrogen-bond donors (Lipinski definition) is 1. The molecule has 0 aromatic heterocycles. The Morgan fingerprint density at radius 2 is 1.86 bits per heavy atom. The van der Waals surface area contributed by atoms with E-state index in [-0.39, 0.29) is 5.91 Å². The van der Waals surface area contributed by atoms with Gasteiger partial charge < -0.3 is 15.5 Å². The lowest BCUT2D eigenvalue weighted by molar-refractivity contribution is -0.129. The van der Waals surface area contributed by atoms with E-state index in [4.69, 9.17) is 5.73 Å². The second kappa shape index (κ2) is 6.48. The van der Waals surface area contributed by atoms with Gasteiger partial charge in [-0.15, -0.1) is 0 Å². The highest BCUT2D eigenvalue weighted by molar-refractivity contribution is 5.79. The van der Waals surface area contributed by atoms with Gasteiger partial charge in [0.15, 0.2) is 0 Å². The molecule has 114 valence electrons. The van der Waals surface area contributed by atoms with E-state index in [2.05, 4.69) is 29.2 Å². The average Bonchev–Trinajstić information content (AvgIpc) is 3.02. The molecule has 1 aromatic carbocycles. The van der Waals surface area contributed by atoms with E-state index in [9.17, 15) is 4.79 Å². The number of amides is 1.